The van der Waals surface area contributed by atoms with Gasteiger partial charge >= 0.3 is 6.18 Å². The van der Waals surface area contributed by atoms with Crippen molar-refractivity contribution in [2.24, 2.45) is 7.05 Å². The fraction of sp³-hybridized carbons (Fsp3) is 0.562. The number of carbonyl (C=O) groups is 1. The van der Waals surface area contributed by atoms with Crippen LogP contribution in [0.1, 0.15) is 16.1 Å². The quantitative estimate of drug-likeness (QED) is 0.835. The standard InChI is InChI=1S/C16H21F3N6O/c1-10-12-7-11(8-21-14(12)24(2)23-10)15(26)22-9-13(16(17,18)19)25-5-3-20-4-6-25/h7-8,13,20H,3-6,9H2,1-2H3,(H,22,26). The number of amides is 1. The van der Waals surface area contributed by atoms with E-state index in [1.54, 1.807) is 24.7 Å². The molecule has 1 aliphatic heterocycles. The number of fused-ring (bicyclic) bond motifs is 1. The molecular weight excluding hydrogens is 349 g/mol. The van der Waals surface area contributed by atoms with Gasteiger partial charge in [-0.05, 0) is 13.0 Å². The monoisotopic (exact) mass is 370 g/mol. The number of piperazine rings is 1. The summed E-state index contributed by atoms with van der Waals surface area (Å²) in [6.45, 7) is 2.88. The second-order valence-electron chi connectivity index (χ2n) is 6.36. The Labute approximate surface area is 148 Å². The molecule has 2 N–H and O–H groups in total. The third kappa shape index (κ3) is 3.80. The summed E-state index contributed by atoms with van der Waals surface area (Å²) in [6.07, 6.45) is -3.06. The minimum atomic E-state index is -4.41. The lowest BCUT2D eigenvalue weighted by Crippen LogP contribution is -2.57. The van der Waals surface area contributed by atoms with Crippen molar-refractivity contribution in [3.63, 3.8) is 0 Å². The van der Waals surface area contributed by atoms with Gasteiger partial charge in [0.15, 0.2) is 5.65 Å². The Morgan fingerprint density at radius 2 is 2.08 bits per heavy atom. The van der Waals surface area contributed by atoms with Crippen LogP contribution in [0.3, 0.4) is 0 Å². The van der Waals surface area contributed by atoms with Gasteiger partial charge in [0.1, 0.15) is 6.04 Å². The predicted octanol–water partition coefficient (Wildman–Crippen LogP) is 0.843. The number of halogens is 3. The van der Waals surface area contributed by atoms with Crippen molar-refractivity contribution in [2.45, 2.75) is 19.1 Å². The number of nitrogens with one attached hydrogen (secondary N) is 2. The molecule has 0 saturated carbocycles. The summed E-state index contributed by atoms with van der Waals surface area (Å²) in [5.74, 6) is -0.577. The lowest BCUT2D eigenvalue weighted by molar-refractivity contribution is -0.183. The summed E-state index contributed by atoms with van der Waals surface area (Å²) < 4.78 is 41.7. The van der Waals surface area contributed by atoms with Crippen molar-refractivity contribution in [1.29, 1.82) is 0 Å². The molecule has 7 nitrogen and oxygen atoms in total. The first-order valence-corrected chi connectivity index (χ1v) is 8.36. The van der Waals surface area contributed by atoms with E-state index in [4.69, 9.17) is 0 Å². The second-order valence-corrected chi connectivity index (χ2v) is 6.36. The highest BCUT2D eigenvalue weighted by atomic mass is 19.4. The zero-order chi connectivity index (χ0) is 18.9. The summed E-state index contributed by atoms with van der Waals surface area (Å²) in [5.41, 5.74) is 1.54. The van der Waals surface area contributed by atoms with Gasteiger partial charge in [-0.15, -0.1) is 0 Å². The fourth-order valence-corrected chi connectivity index (χ4v) is 3.17. The largest absolute Gasteiger partial charge is 0.405 e. The lowest BCUT2D eigenvalue weighted by atomic mass is 10.1. The van der Waals surface area contributed by atoms with Crippen molar-refractivity contribution < 1.29 is 18.0 Å². The Kier molecular flexibility index (Phi) is 5.15. The molecule has 1 aliphatic rings. The van der Waals surface area contributed by atoms with Crippen molar-refractivity contribution in [3.8, 4) is 0 Å². The molecular formula is C16H21F3N6O. The number of hydrogen-bond acceptors (Lipinski definition) is 5. The van der Waals surface area contributed by atoms with Crippen LogP contribution >= 0.6 is 0 Å². The SMILES string of the molecule is Cc1nn(C)c2ncc(C(=O)NCC(N3CCNCC3)C(F)(F)F)cc12. The highest BCUT2D eigenvalue weighted by Crippen LogP contribution is 2.25. The molecule has 0 aliphatic carbocycles. The molecule has 0 aromatic carbocycles. The van der Waals surface area contributed by atoms with Crippen LogP contribution in [0, 0.1) is 6.92 Å². The van der Waals surface area contributed by atoms with Gasteiger partial charge in [0.2, 0.25) is 0 Å². The molecule has 2 aromatic heterocycles. The van der Waals surface area contributed by atoms with Crippen molar-refractivity contribution in [2.75, 3.05) is 32.7 Å². The van der Waals surface area contributed by atoms with Crippen LogP contribution < -0.4 is 10.6 Å². The molecule has 0 spiro atoms. The Balaban J connectivity index is 1.72. The molecule has 1 fully saturated rings. The maximum absolute atomic E-state index is 13.4. The van der Waals surface area contributed by atoms with Gasteiger partial charge in [-0.3, -0.25) is 14.4 Å². The number of pyridine rings is 1. The molecule has 10 heteroatoms. The second kappa shape index (κ2) is 7.20. The number of nitrogens with zero attached hydrogens (tertiary/aromatic N) is 4. The average molecular weight is 370 g/mol. The summed E-state index contributed by atoms with van der Waals surface area (Å²) in [5, 5.41) is 10.4. The van der Waals surface area contributed by atoms with Crippen LogP contribution in [0.5, 0.6) is 0 Å². The van der Waals surface area contributed by atoms with Gasteiger partial charge in [-0.2, -0.15) is 18.3 Å². The molecule has 3 heterocycles. The molecule has 1 unspecified atom stereocenters. The Morgan fingerprint density at radius 3 is 2.73 bits per heavy atom. The molecule has 0 radical (unpaired) electrons. The minimum Gasteiger partial charge on any atom is -0.350 e. The van der Waals surface area contributed by atoms with Crippen LogP contribution in [0.4, 0.5) is 13.2 Å². The van der Waals surface area contributed by atoms with Crippen LogP contribution in [-0.4, -0.2) is 70.5 Å². The maximum Gasteiger partial charge on any atom is 0.405 e. The van der Waals surface area contributed by atoms with Gasteiger partial charge in [-0.25, -0.2) is 4.98 Å². The van der Waals surface area contributed by atoms with E-state index in [0.717, 1.165) is 0 Å². The van der Waals surface area contributed by atoms with Gasteiger partial charge in [0.05, 0.1) is 11.3 Å². The zero-order valence-corrected chi connectivity index (χ0v) is 14.6. The first kappa shape index (κ1) is 18.6. The molecule has 142 valence electrons. The van der Waals surface area contributed by atoms with Crippen molar-refractivity contribution in [1.82, 2.24) is 30.3 Å². The number of alkyl halides is 3. The molecule has 1 atom stereocenters. The zero-order valence-electron chi connectivity index (χ0n) is 14.6. The smallest absolute Gasteiger partial charge is 0.350 e. The third-order valence-corrected chi connectivity index (χ3v) is 4.55. The Bertz CT molecular complexity index is 797. The molecule has 1 amide bonds. The maximum atomic E-state index is 13.4. The molecule has 26 heavy (non-hydrogen) atoms. The van der Waals surface area contributed by atoms with Gasteiger partial charge < -0.3 is 10.6 Å². The van der Waals surface area contributed by atoms with Gasteiger partial charge in [0, 0.05) is 51.4 Å². The summed E-state index contributed by atoms with van der Waals surface area (Å²) in [4.78, 5) is 17.9. The van der Waals surface area contributed by atoms with E-state index in [0.29, 0.717) is 42.9 Å². The van der Waals surface area contributed by atoms with Crippen LogP contribution in [-0.2, 0) is 7.05 Å². The lowest BCUT2D eigenvalue weighted by Gasteiger charge is -2.35. The van der Waals surface area contributed by atoms with E-state index in [-0.39, 0.29) is 5.56 Å². The average Bonchev–Trinajstić information content (AvgIpc) is 2.88. The molecule has 1 saturated heterocycles. The number of aromatic nitrogens is 3. The summed E-state index contributed by atoms with van der Waals surface area (Å²) in [7, 11) is 1.74. The van der Waals surface area contributed by atoms with E-state index >= 15 is 0 Å². The fourth-order valence-electron chi connectivity index (χ4n) is 3.17. The van der Waals surface area contributed by atoms with E-state index in [9.17, 15) is 18.0 Å². The van der Waals surface area contributed by atoms with Crippen LogP contribution in [0.25, 0.3) is 11.0 Å². The van der Waals surface area contributed by atoms with Crippen molar-refractivity contribution in [3.05, 3.63) is 23.5 Å². The van der Waals surface area contributed by atoms with Crippen LogP contribution in [0.15, 0.2) is 12.3 Å². The van der Waals surface area contributed by atoms with E-state index in [1.807, 2.05) is 0 Å². The molecule has 0 bridgehead atoms. The van der Waals surface area contributed by atoms with E-state index in [2.05, 4.69) is 20.7 Å². The highest BCUT2D eigenvalue weighted by Gasteiger charge is 2.43. The van der Waals surface area contributed by atoms with Crippen molar-refractivity contribution >= 4 is 16.9 Å². The Hall–Kier alpha value is -2.20. The number of aryl methyl sites for hydroxylation is 2. The minimum absolute atomic E-state index is 0.217. The normalized spacial score (nSPS) is 17.4. The molecule has 3 rings (SSSR count). The topological polar surface area (TPSA) is 75.1 Å². The highest BCUT2D eigenvalue weighted by molar-refractivity contribution is 5.97. The van der Waals surface area contributed by atoms with Gasteiger partial charge in [0.25, 0.3) is 5.91 Å². The third-order valence-electron chi connectivity index (χ3n) is 4.55. The summed E-state index contributed by atoms with van der Waals surface area (Å²) >= 11 is 0. The number of carbonyl (C=O) groups excluding carboxylic acids is 1. The first-order valence-electron chi connectivity index (χ1n) is 8.36. The number of rotatable bonds is 4. The van der Waals surface area contributed by atoms with Gasteiger partial charge in [-0.1, -0.05) is 0 Å². The first-order chi connectivity index (χ1) is 12.3. The Morgan fingerprint density at radius 1 is 1.38 bits per heavy atom. The van der Waals surface area contributed by atoms with Crippen LogP contribution in [0.2, 0.25) is 0 Å². The van der Waals surface area contributed by atoms with E-state index in [1.165, 1.54) is 11.1 Å². The summed E-state index contributed by atoms with van der Waals surface area (Å²) in [6, 6.07) is -0.0988. The predicted molar refractivity (Wildman–Crippen MR) is 89.9 cm³/mol. The molecule has 2 aromatic rings. The number of hydrogen-bond donors (Lipinski definition) is 2. The van der Waals surface area contributed by atoms with E-state index < -0.39 is 24.7 Å².